The van der Waals surface area contributed by atoms with E-state index in [1.165, 1.54) is 25.3 Å². The molecule has 1 aliphatic heterocycles. The van der Waals surface area contributed by atoms with Crippen molar-refractivity contribution in [2.24, 2.45) is 0 Å². The van der Waals surface area contributed by atoms with Crippen LogP contribution in [0, 0.1) is 5.82 Å². The van der Waals surface area contributed by atoms with Crippen molar-refractivity contribution < 1.29 is 47.1 Å². The van der Waals surface area contributed by atoms with Gasteiger partial charge >= 0.3 is 0 Å². The lowest BCUT2D eigenvalue weighted by Gasteiger charge is -2.40. The van der Waals surface area contributed by atoms with E-state index in [4.69, 9.17) is 9.47 Å². The molecule has 1 heterocycles. The minimum Gasteiger partial charge on any atom is -1.00 e. The van der Waals surface area contributed by atoms with Gasteiger partial charge in [-0.1, -0.05) is 24.3 Å². The molecule has 0 N–H and O–H groups in total. The summed E-state index contributed by atoms with van der Waals surface area (Å²) >= 11 is 0. The summed E-state index contributed by atoms with van der Waals surface area (Å²) in [6, 6.07) is 18.4. The largest absolute Gasteiger partial charge is 1.00 e. The van der Waals surface area contributed by atoms with E-state index in [9.17, 15) is 9.18 Å². The molecule has 190 valence electrons. The number of hydrogen-bond donors (Lipinski definition) is 0. The summed E-state index contributed by atoms with van der Waals surface area (Å²) in [5.74, 6) is 0.165. The molecule has 1 fully saturated rings. The smallest absolute Gasteiger partial charge is 0.188 e. The summed E-state index contributed by atoms with van der Waals surface area (Å²) in [6.07, 6.45) is 3.23. The number of carbonyl (C=O) groups is 1. The van der Waals surface area contributed by atoms with E-state index >= 15 is 0 Å². The van der Waals surface area contributed by atoms with Crippen molar-refractivity contribution in [1.29, 1.82) is 0 Å². The molecule has 0 radical (unpaired) electrons. The fourth-order valence-corrected chi connectivity index (χ4v) is 4.35. The molecule has 0 unspecified atom stereocenters. The van der Waals surface area contributed by atoms with Gasteiger partial charge in [0.15, 0.2) is 5.78 Å². The second-order valence-corrected chi connectivity index (χ2v) is 9.39. The first-order valence-electron chi connectivity index (χ1n) is 11.7. The van der Waals surface area contributed by atoms with Gasteiger partial charge < -0.3 is 42.8 Å². The minimum absolute atomic E-state index is 0. The fourth-order valence-electron chi connectivity index (χ4n) is 4.35. The molecule has 3 aromatic carbocycles. The predicted molar refractivity (Wildman–Crippen MR) is 139 cm³/mol. The molecule has 0 aromatic heterocycles. The highest BCUT2D eigenvalue weighted by atomic mass is 127. The van der Waals surface area contributed by atoms with Crippen molar-refractivity contribution >= 4 is 17.5 Å². The number of nitrogens with zero attached hydrogens (tertiary/aromatic N) is 2. The normalized spacial score (nSPS) is 14.9. The SMILES string of the molecule is COc1ccc(C(=O)/C=C/c2cc(-c3ccccc3OC)ccc2N2CC[N+](C)(C)CC2)c(F)c1.[I-]. The summed E-state index contributed by atoms with van der Waals surface area (Å²) in [5, 5.41) is 0. The zero-order valence-electron chi connectivity index (χ0n) is 21.1. The van der Waals surface area contributed by atoms with E-state index in [0.717, 1.165) is 58.8 Å². The molecule has 0 aliphatic carbocycles. The Hall–Kier alpha value is -2.91. The maximum atomic E-state index is 14.5. The fraction of sp³-hybridized carbons (Fsp3) is 0.276. The van der Waals surface area contributed by atoms with Crippen molar-refractivity contribution in [3.05, 3.63) is 83.7 Å². The number of para-hydroxylation sites is 1. The number of benzene rings is 3. The average Bonchev–Trinajstić information content (AvgIpc) is 2.87. The van der Waals surface area contributed by atoms with Gasteiger partial charge in [0.25, 0.3) is 0 Å². The molecule has 4 rings (SSSR count). The molecular weight excluding hydrogens is 570 g/mol. The molecule has 0 atom stereocenters. The lowest BCUT2D eigenvalue weighted by Crippen LogP contribution is -3.00. The summed E-state index contributed by atoms with van der Waals surface area (Å²) in [5.41, 5.74) is 3.94. The Labute approximate surface area is 229 Å². The van der Waals surface area contributed by atoms with Gasteiger partial charge in [0.1, 0.15) is 17.3 Å². The second-order valence-electron chi connectivity index (χ2n) is 9.39. The van der Waals surface area contributed by atoms with Crippen molar-refractivity contribution in [1.82, 2.24) is 0 Å². The van der Waals surface area contributed by atoms with E-state index in [1.807, 2.05) is 24.3 Å². The van der Waals surface area contributed by atoms with Gasteiger partial charge in [-0.25, -0.2) is 4.39 Å². The van der Waals surface area contributed by atoms with Gasteiger partial charge in [0, 0.05) is 17.3 Å². The molecule has 36 heavy (non-hydrogen) atoms. The van der Waals surface area contributed by atoms with Crippen LogP contribution in [-0.4, -0.2) is 64.8 Å². The number of rotatable bonds is 7. The van der Waals surface area contributed by atoms with E-state index in [2.05, 4.69) is 37.2 Å². The van der Waals surface area contributed by atoms with Crippen LogP contribution < -0.4 is 38.4 Å². The van der Waals surface area contributed by atoms with Crippen molar-refractivity contribution in [2.45, 2.75) is 0 Å². The molecule has 0 saturated carbocycles. The van der Waals surface area contributed by atoms with Crippen LogP contribution in [0.25, 0.3) is 17.2 Å². The van der Waals surface area contributed by atoms with Gasteiger partial charge in [-0.05, 0) is 53.6 Å². The lowest BCUT2D eigenvalue weighted by atomic mass is 9.99. The Kier molecular flexibility index (Phi) is 9.13. The Morgan fingerprint density at radius 3 is 2.36 bits per heavy atom. The quantitative estimate of drug-likeness (QED) is 0.180. The van der Waals surface area contributed by atoms with Gasteiger partial charge in [-0.15, -0.1) is 0 Å². The lowest BCUT2D eigenvalue weighted by molar-refractivity contribution is -0.890. The number of allylic oxidation sites excluding steroid dienone is 1. The number of piperazine rings is 1. The summed E-state index contributed by atoms with van der Waals surface area (Å²) in [4.78, 5) is 15.2. The Bertz CT molecular complexity index is 1250. The monoisotopic (exact) mass is 602 g/mol. The third-order valence-electron chi connectivity index (χ3n) is 6.59. The maximum Gasteiger partial charge on any atom is 0.188 e. The standard InChI is InChI=1S/C29H32FN2O3.HI/c1-32(2)17-15-31(16-18-32)27-13-9-21(24-7-5-6-8-29(24)35-4)19-22(27)10-14-28(33)25-12-11-23(34-3)20-26(25)30;/h5-14,19-20H,15-18H2,1-4H3;1H/q+1;/p-1/b14-10+;. The van der Waals surface area contributed by atoms with Crippen LogP contribution >= 0.6 is 0 Å². The first kappa shape index (κ1) is 27.7. The zero-order chi connectivity index (χ0) is 25.0. The van der Waals surface area contributed by atoms with E-state index in [1.54, 1.807) is 19.3 Å². The van der Waals surface area contributed by atoms with Crippen LogP contribution in [0.2, 0.25) is 0 Å². The summed E-state index contributed by atoms with van der Waals surface area (Å²) in [7, 11) is 7.60. The highest BCUT2D eigenvalue weighted by Crippen LogP contribution is 2.34. The molecule has 0 amide bonds. The Morgan fingerprint density at radius 1 is 0.972 bits per heavy atom. The average molecular weight is 602 g/mol. The highest BCUT2D eigenvalue weighted by molar-refractivity contribution is 6.07. The van der Waals surface area contributed by atoms with Gasteiger partial charge in [-0.3, -0.25) is 4.79 Å². The number of quaternary nitrogens is 1. The molecule has 3 aromatic rings. The van der Waals surface area contributed by atoms with E-state index in [0.29, 0.717) is 5.75 Å². The molecule has 1 aliphatic rings. The van der Waals surface area contributed by atoms with Gasteiger partial charge in [0.2, 0.25) is 0 Å². The number of methoxy groups -OCH3 is 2. The number of hydrogen-bond acceptors (Lipinski definition) is 4. The van der Waals surface area contributed by atoms with E-state index in [-0.39, 0.29) is 29.5 Å². The molecular formula is C29H32FIN2O3. The highest BCUT2D eigenvalue weighted by Gasteiger charge is 2.25. The molecule has 0 bridgehead atoms. The number of ketones is 1. The third-order valence-corrected chi connectivity index (χ3v) is 6.59. The molecule has 7 heteroatoms. The third kappa shape index (κ3) is 6.25. The number of halogens is 2. The number of anilines is 1. The summed E-state index contributed by atoms with van der Waals surface area (Å²) < 4.78 is 26.1. The molecule has 1 saturated heterocycles. The van der Waals surface area contributed by atoms with E-state index < -0.39 is 11.6 Å². The number of likely N-dealkylation sites (N-methyl/N-ethyl adjacent to an activating group) is 1. The van der Waals surface area contributed by atoms with Gasteiger partial charge in [-0.2, -0.15) is 0 Å². The van der Waals surface area contributed by atoms with Crippen LogP contribution in [0.5, 0.6) is 11.5 Å². The second kappa shape index (κ2) is 11.9. The summed E-state index contributed by atoms with van der Waals surface area (Å²) in [6.45, 7) is 3.91. The molecule has 5 nitrogen and oxygen atoms in total. The van der Waals surface area contributed by atoms with Crippen LogP contribution in [0.3, 0.4) is 0 Å². The van der Waals surface area contributed by atoms with Gasteiger partial charge in [0.05, 0.1) is 60.1 Å². The molecule has 0 spiro atoms. The zero-order valence-corrected chi connectivity index (χ0v) is 23.3. The van der Waals surface area contributed by atoms with Crippen molar-refractivity contribution in [3.63, 3.8) is 0 Å². The number of ether oxygens (including phenoxy) is 2. The van der Waals surface area contributed by atoms with Crippen LogP contribution in [0.4, 0.5) is 10.1 Å². The van der Waals surface area contributed by atoms with Crippen LogP contribution in [-0.2, 0) is 0 Å². The van der Waals surface area contributed by atoms with Crippen LogP contribution in [0.1, 0.15) is 15.9 Å². The predicted octanol–water partition coefficient (Wildman–Crippen LogP) is 2.31. The first-order chi connectivity index (χ1) is 16.8. The van der Waals surface area contributed by atoms with Crippen molar-refractivity contribution in [2.75, 3.05) is 59.4 Å². The number of carbonyl (C=O) groups excluding carboxylic acids is 1. The first-order valence-corrected chi connectivity index (χ1v) is 11.7. The topological polar surface area (TPSA) is 38.8 Å². The Morgan fingerprint density at radius 2 is 1.69 bits per heavy atom. The Balaban J connectivity index is 0.00000361. The van der Waals surface area contributed by atoms with Crippen molar-refractivity contribution in [3.8, 4) is 22.6 Å². The van der Waals surface area contributed by atoms with Crippen LogP contribution in [0.15, 0.2) is 66.7 Å². The minimum atomic E-state index is -0.599. The maximum absolute atomic E-state index is 14.5.